The van der Waals surface area contributed by atoms with Crippen molar-refractivity contribution in [3.8, 4) is 0 Å². The molecule has 0 atom stereocenters. The van der Waals surface area contributed by atoms with Crippen molar-refractivity contribution in [3.05, 3.63) is 52.5 Å². The first-order valence-electron chi connectivity index (χ1n) is 7.96. The minimum Gasteiger partial charge on any atom is -0.358 e. The fourth-order valence-corrected chi connectivity index (χ4v) is 2.87. The van der Waals surface area contributed by atoms with E-state index < -0.39 is 0 Å². The SMILES string of the molecule is Cc1n[nH]c(C)c1CCC(=O)N/N=C/c1c(C)[nH]c2ccccc12. The first-order chi connectivity index (χ1) is 11.6. The zero-order chi connectivity index (χ0) is 17.1. The summed E-state index contributed by atoms with van der Waals surface area (Å²) in [5.74, 6) is -0.108. The zero-order valence-electron chi connectivity index (χ0n) is 14.1. The van der Waals surface area contributed by atoms with E-state index in [1.807, 2.05) is 45.0 Å². The van der Waals surface area contributed by atoms with Gasteiger partial charge >= 0.3 is 0 Å². The highest BCUT2D eigenvalue weighted by atomic mass is 16.2. The molecule has 1 aromatic carbocycles. The average Bonchev–Trinajstić information content (AvgIpc) is 3.05. The van der Waals surface area contributed by atoms with Crippen molar-refractivity contribution < 1.29 is 4.79 Å². The summed E-state index contributed by atoms with van der Waals surface area (Å²) in [4.78, 5) is 15.3. The average molecular weight is 323 g/mol. The van der Waals surface area contributed by atoms with Gasteiger partial charge in [-0.15, -0.1) is 0 Å². The molecule has 0 bridgehead atoms. The van der Waals surface area contributed by atoms with Crippen molar-refractivity contribution in [3.63, 3.8) is 0 Å². The van der Waals surface area contributed by atoms with Gasteiger partial charge in [-0.2, -0.15) is 10.2 Å². The summed E-state index contributed by atoms with van der Waals surface area (Å²) in [5.41, 5.74) is 8.74. The van der Waals surface area contributed by atoms with Gasteiger partial charge in [-0.05, 0) is 38.8 Å². The van der Waals surface area contributed by atoms with Gasteiger partial charge in [0.25, 0.3) is 0 Å². The first kappa shape index (κ1) is 16.0. The van der Waals surface area contributed by atoms with Crippen molar-refractivity contribution in [1.29, 1.82) is 0 Å². The lowest BCUT2D eigenvalue weighted by molar-refractivity contribution is -0.121. The lowest BCUT2D eigenvalue weighted by Gasteiger charge is -2.01. The molecule has 0 unspecified atom stereocenters. The highest BCUT2D eigenvalue weighted by Crippen LogP contribution is 2.19. The van der Waals surface area contributed by atoms with Crippen molar-refractivity contribution >= 4 is 23.0 Å². The molecule has 6 heteroatoms. The Hall–Kier alpha value is -2.89. The topological polar surface area (TPSA) is 85.9 Å². The lowest BCUT2D eigenvalue weighted by Crippen LogP contribution is -2.18. The van der Waals surface area contributed by atoms with E-state index in [1.54, 1.807) is 6.21 Å². The van der Waals surface area contributed by atoms with E-state index in [-0.39, 0.29) is 5.91 Å². The summed E-state index contributed by atoms with van der Waals surface area (Å²) >= 11 is 0. The van der Waals surface area contributed by atoms with Crippen molar-refractivity contribution in [2.75, 3.05) is 0 Å². The summed E-state index contributed by atoms with van der Waals surface area (Å²) in [5, 5.41) is 12.3. The molecule has 0 aliphatic rings. The van der Waals surface area contributed by atoms with Gasteiger partial charge in [-0.1, -0.05) is 18.2 Å². The molecule has 0 aliphatic heterocycles. The summed E-state index contributed by atoms with van der Waals surface area (Å²) in [6.45, 7) is 5.90. The molecule has 3 rings (SSSR count). The van der Waals surface area contributed by atoms with Crippen LogP contribution in [0.2, 0.25) is 0 Å². The molecule has 2 heterocycles. The Labute approximate surface area is 140 Å². The van der Waals surface area contributed by atoms with Gasteiger partial charge < -0.3 is 4.98 Å². The molecule has 6 nitrogen and oxygen atoms in total. The van der Waals surface area contributed by atoms with Gasteiger partial charge in [-0.3, -0.25) is 9.89 Å². The number of carbonyl (C=O) groups is 1. The van der Waals surface area contributed by atoms with E-state index in [0.29, 0.717) is 12.8 Å². The highest BCUT2D eigenvalue weighted by Gasteiger charge is 2.09. The molecule has 124 valence electrons. The van der Waals surface area contributed by atoms with E-state index in [0.717, 1.165) is 39.1 Å². The molecular formula is C18H21N5O. The molecule has 24 heavy (non-hydrogen) atoms. The molecule has 3 N–H and O–H groups in total. The number of hydrazone groups is 1. The molecule has 0 saturated heterocycles. The normalized spacial score (nSPS) is 11.5. The van der Waals surface area contributed by atoms with Crippen LogP contribution < -0.4 is 5.43 Å². The Morgan fingerprint density at radius 2 is 2.04 bits per heavy atom. The number of rotatable bonds is 5. The molecule has 0 saturated carbocycles. The van der Waals surface area contributed by atoms with Gasteiger partial charge in [0.2, 0.25) is 5.91 Å². The quantitative estimate of drug-likeness (QED) is 0.498. The molecule has 1 amide bonds. The monoisotopic (exact) mass is 323 g/mol. The Morgan fingerprint density at radius 3 is 2.79 bits per heavy atom. The van der Waals surface area contributed by atoms with Gasteiger partial charge in [-0.25, -0.2) is 5.43 Å². The lowest BCUT2D eigenvalue weighted by atomic mass is 10.1. The Kier molecular flexibility index (Phi) is 4.46. The largest absolute Gasteiger partial charge is 0.358 e. The Balaban J connectivity index is 1.61. The van der Waals surface area contributed by atoms with E-state index in [2.05, 4.69) is 25.7 Å². The Bertz CT molecular complexity index is 884. The van der Waals surface area contributed by atoms with E-state index >= 15 is 0 Å². The number of amides is 1. The van der Waals surface area contributed by atoms with Crippen LogP contribution in [0.25, 0.3) is 10.9 Å². The fourth-order valence-electron chi connectivity index (χ4n) is 2.87. The summed E-state index contributed by atoms with van der Waals surface area (Å²) in [7, 11) is 0. The van der Waals surface area contributed by atoms with Gasteiger partial charge in [0.15, 0.2) is 0 Å². The summed E-state index contributed by atoms with van der Waals surface area (Å²) in [6.07, 6.45) is 2.73. The van der Waals surface area contributed by atoms with Crippen LogP contribution in [0, 0.1) is 20.8 Å². The number of aromatic amines is 2. The molecular weight excluding hydrogens is 302 g/mol. The van der Waals surface area contributed by atoms with E-state index in [4.69, 9.17) is 0 Å². The number of fused-ring (bicyclic) bond motifs is 1. The van der Waals surface area contributed by atoms with Crippen LogP contribution in [0.1, 0.15) is 34.6 Å². The number of nitrogens with one attached hydrogen (secondary N) is 3. The first-order valence-corrected chi connectivity index (χ1v) is 7.96. The smallest absolute Gasteiger partial charge is 0.240 e. The van der Waals surface area contributed by atoms with Crippen LogP contribution in [0.3, 0.4) is 0 Å². The zero-order valence-corrected chi connectivity index (χ0v) is 14.1. The third-order valence-electron chi connectivity index (χ3n) is 4.21. The molecule has 2 aromatic heterocycles. The number of carbonyl (C=O) groups excluding carboxylic acids is 1. The summed E-state index contributed by atoms with van der Waals surface area (Å²) < 4.78 is 0. The Morgan fingerprint density at radius 1 is 1.25 bits per heavy atom. The van der Waals surface area contributed by atoms with Gasteiger partial charge in [0, 0.05) is 34.3 Å². The number of hydrogen-bond acceptors (Lipinski definition) is 3. The van der Waals surface area contributed by atoms with E-state index in [1.165, 1.54) is 0 Å². The minimum atomic E-state index is -0.108. The second kappa shape index (κ2) is 6.70. The van der Waals surface area contributed by atoms with Crippen LogP contribution in [0.15, 0.2) is 29.4 Å². The number of aryl methyl sites for hydroxylation is 3. The van der Waals surface area contributed by atoms with Crippen molar-refractivity contribution in [1.82, 2.24) is 20.6 Å². The molecule has 0 spiro atoms. The second-order valence-corrected chi connectivity index (χ2v) is 5.92. The van der Waals surface area contributed by atoms with Gasteiger partial charge in [0.05, 0.1) is 11.9 Å². The van der Waals surface area contributed by atoms with Crippen molar-refractivity contribution in [2.24, 2.45) is 5.10 Å². The van der Waals surface area contributed by atoms with Crippen LogP contribution in [0.4, 0.5) is 0 Å². The third-order valence-corrected chi connectivity index (χ3v) is 4.21. The van der Waals surface area contributed by atoms with Gasteiger partial charge in [0.1, 0.15) is 0 Å². The maximum Gasteiger partial charge on any atom is 0.240 e. The standard InChI is InChI=1S/C18H21N5O/c1-11-16(15-6-4-5-7-17(15)20-11)10-19-23-18(24)9-8-14-12(2)21-22-13(14)3/h4-7,10,20H,8-9H2,1-3H3,(H,21,22)(H,23,24)/b19-10+. The number of H-pyrrole nitrogens is 2. The highest BCUT2D eigenvalue weighted by molar-refractivity contribution is 6.00. The molecule has 3 aromatic rings. The molecule has 0 fully saturated rings. The molecule has 0 aliphatic carbocycles. The number of benzene rings is 1. The van der Waals surface area contributed by atoms with Crippen LogP contribution in [-0.4, -0.2) is 27.3 Å². The second-order valence-electron chi connectivity index (χ2n) is 5.92. The number of para-hydroxylation sites is 1. The van der Waals surface area contributed by atoms with Crippen LogP contribution in [0.5, 0.6) is 0 Å². The minimum absolute atomic E-state index is 0.108. The maximum absolute atomic E-state index is 12.0. The van der Waals surface area contributed by atoms with Crippen molar-refractivity contribution in [2.45, 2.75) is 33.6 Å². The van der Waals surface area contributed by atoms with Crippen LogP contribution in [-0.2, 0) is 11.2 Å². The number of nitrogens with zero attached hydrogens (tertiary/aromatic N) is 2. The predicted molar refractivity (Wildman–Crippen MR) is 95.2 cm³/mol. The number of aromatic nitrogens is 3. The molecule has 0 radical (unpaired) electrons. The predicted octanol–water partition coefficient (Wildman–Crippen LogP) is 2.90. The van der Waals surface area contributed by atoms with Crippen LogP contribution >= 0.6 is 0 Å². The summed E-state index contributed by atoms with van der Waals surface area (Å²) in [6, 6.07) is 8.03. The fraction of sp³-hybridized carbons (Fsp3) is 0.278. The third kappa shape index (κ3) is 3.22. The van der Waals surface area contributed by atoms with E-state index in [9.17, 15) is 4.79 Å². The number of hydrogen-bond donors (Lipinski definition) is 3. The maximum atomic E-state index is 12.0.